The Bertz CT molecular complexity index is 545. The highest BCUT2D eigenvalue weighted by Gasteiger charge is 2.25. The molecule has 0 N–H and O–H groups in total. The minimum absolute atomic E-state index is 0.0413. The number of alkyl halides is 2. The molecule has 0 radical (unpaired) electrons. The molecule has 4 nitrogen and oxygen atoms in total. The molecule has 0 atom stereocenters. The topological polar surface area (TPSA) is 42.4 Å². The van der Waals surface area contributed by atoms with Gasteiger partial charge in [-0.15, -0.1) is 0 Å². The van der Waals surface area contributed by atoms with Crippen LogP contribution in [0.5, 0.6) is 0 Å². The Hall–Kier alpha value is -1.24. The summed E-state index contributed by atoms with van der Waals surface area (Å²) in [5.41, 5.74) is 0.620. The van der Waals surface area contributed by atoms with Crippen LogP contribution in [-0.2, 0) is 11.3 Å². The Morgan fingerprint density at radius 3 is 2.43 bits per heavy atom. The first-order chi connectivity index (χ1) is 10.5. The highest BCUT2D eigenvalue weighted by Crippen LogP contribution is 2.22. The summed E-state index contributed by atoms with van der Waals surface area (Å²) in [6, 6.07) is 3.68. The predicted octanol–water partition coefficient (Wildman–Crippen LogP) is 4.97. The molecule has 0 aliphatic carbocycles. The molecule has 0 saturated heterocycles. The number of amides is 1. The van der Waals surface area contributed by atoms with E-state index in [4.69, 9.17) is 4.74 Å². The monoisotopic (exact) mass is 392 g/mol. The van der Waals surface area contributed by atoms with Gasteiger partial charge in [-0.2, -0.15) is 0 Å². The summed E-state index contributed by atoms with van der Waals surface area (Å²) < 4.78 is 31.5. The Morgan fingerprint density at radius 2 is 1.96 bits per heavy atom. The Balaban J connectivity index is 3.01. The quantitative estimate of drug-likeness (QED) is 0.710. The van der Waals surface area contributed by atoms with Crippen molar-refractivity contribution >= 4 is 22.0 Å². The summed E-state index contributed by atoms with van der Waals surface area (Å²) in [6.07, 6.45) is -3.42. The van der Waals surface area contributed by atoms with Gasteiger partial charge < -0.3 is 4.74 Å². The number of carbonyl (C=O) groups is 1. The zero-order valence-electron chi connectivity index (χ0n) is 14.1. The number of ether oxygens (including phenoxy) is 1. The lowest BCUT2D eigenvalue weighted by molar-refractivity contribution is 0.00783. The molecule has 0 unspecified atom stereocenters. The molecule has 0 bridgehead atoms. The highest BCUT2D eigenvalue weighted by molar-refractivity contribution is 9.10. The van der Waals surface area contributed by atoms with Gasteiger partial charge in [0.2, 0.25) is 0 Å². The molecule has 0 spiro atoms. The molecule has 0 aromatic carbocycles. The molecule has 0 fully saturated rings. The van der Waals surface area contributed by atoms with Gasteiger partial charge in [-0.1, -0.05) is 13.8 Å². The molecule has 0 aliphatic heterocycles. The van der Waals surface area contributed by atoms with Gasteiger partial charge in [0.25, 0.3) is 6.43 Å². The third-order valence-electron chi connectivity index (χ3n) is 2.88. The van der Waals surface area contributed by atoms with Crippen LogP contribution in [0.25, 0.3) is 0 Å². The molecule has 1 amide bonds. The van der Waals surface area contributed by atoms with Gasteiger partial charge in [-0.3, -0.25) is 9.88 Å². The minimum atomic E-state index is -2.64. The van der Waals surface area contributed by atoms with Gasteiger partial charge in [0, 0.05) is 10.2 Å². The van der Waals surface area contributed by atoms with Crippen LogP contribution in [0.15, 0.2) is 16.6 Å². The van der Waals surface area contributed by atoms with Crippen LogP contribution in [0.2, 0.25) is 0 Å². The van der Waals surface area contributed by atoms with Crippen molar-refractivity contribution in [3.63, 3.8) is 0 Å². The number of hydrogen-bond acceptors (Lipinski definition) is 3. The Labute approximate surface area is 144 Å². The van der Waals surface area contributed by atoms with Crippen molar-refractivity contribution < 1.29 is 18.3 Å². The Kier molecular flexibility index (Phi) is 6.92. The van der Waals surface area contributed by atoms with Gasteiger partial charge in [0.15, 0.2) is 0 Å². The summed E-state index contributed by atoms with van der Waals surface area (Å²) in [7, 11) is 0. The van der Waals surface area contributed by atoms with Crippen LogP contribution in [0, 0.1) is 0 Å². The zero-order chi connectivity index (χ0) is 17.8. The second-order valence-electron chi connectivity index (χ2n) is 6.57. The molecule has 1 rings (SSSR count). The maximum atomic E-state index is 12.8. The first-order valence-corrected chi connectivity index (χ1v) is 8.20. The van der Waals surface area contributed by atoms with Gasteiger partial charge in [0.1, 0.15) is 5.60 Å². The van der Waals surface area contributed by atoms with Crippen LogP contribution >= 0.6 is 15.9 Å². The molecule has 7 heteroatoms. The number of carbonyl (C=O) groups excluding carboxylic acids is 1. The Morgan fingerprint density at radius 1 is 1.35 bits per heavy atom. The van der Waals surface area contributed by atoms with Crippen molar-refractivity contribution in [2.24, 2.45) is 0 Å². The predicted molar refractivity (Wildman–Crippen MR) is 88.7 cm³/mol. The largest absolute Gasteiger partial charge is 0.444 e. The smallest absolute Gasteiger partial charge is 0.410 e. The van der Waals surface area contributed by atoms with E-state index in [0.717, 1.165) is 10.6 Å². The first kappa shape index (κ1) is 19.8. The number of nitrogens with zero attached hydrogens (tertiary/aromatic N) is 2. The van der Waals surface area contributed by atoms with Gasteiger partial charge in [-0.05, 0) is 54.8 Å². The van der Waals surface area contributed by atoms with Crippen molar-refractivity contribution in [2.45, 2.75) is 59.1 Å². The minimum Gasteiger partial charge on any atom is -0.444 e. The number of rotatable bonds is 5. The second kappa shape index (κ2) is 8.04. The standard InChI is InChI=1S/C16H23BrF2N2O2/c1-10(2)12-7-6-11(17)13(20-12)8-21(9-14(18)19)15(22)23-16(3,4)5/h6-7,10,14H,8-9H2,1-5H3. The van der Waals surface area contributed by atoms with Crippen molar-refractivity contribution in [3.05, 3.63) is 28.0 Å². The summed E-state index contributed by atoms with van der Waals surface area (Å²) in [6.45, 7) is 8.32. The highest BCUT2D eigenvalue weighted by atomic mass is 79.9. The lowest BCUT2D eigenvalue weighted by atomic mass is 10.1. The fraction of sp³-hybridized carbons (Fsp3) is 0.625. The summed E-state index contributed by atoms with van der Waals surface area (Å²) in [5, 5.41) is 0. The molecular weight excluding hydrogens is 370 g/mol. The molecule has 130 valence electrons. The van der Waals surface area contributed by atoms with Crippen LogP contribution in [-0.4, -0.2) is 34.5 Å². The van der Waals surface area contributed by atoms with Crippen molar-refractivity contribution in [1.29, 1.82) is 0 Å². The molecule has 0 saturated carbocycles. The second-order valence-corrected chi connectivity index (χ2v) is 7.43. The van der Waals surface area contributed by atoms with Crippen molar-refractivity contribution in [2.75, 3.05) is 6.54 Å². The molecule has 1 heterocycles. The zero-order valence-corrected chi connectivity index (χ0v) is 15.7. The number of hydrogen-bond donors (Lipinski definition) is 0. The summed E-state index contributed by atoms with van der Waals surface area (Å²) in [4.78, 5) is 17.6. The van der Waals surface area contributed by atoms with E-state index in [1.807, 2.05) is 26.0 Å². The van der Waals surface area contributed by atoms with Gasteiger partial charge in [-0.25, -0.2) is 13.6 Å². The number of halogens is 3. The molecular formula is C16H23BrF2N2O2. The van der Waals surface area contributed by atoms with Crippen LogP contribution in [0.1, 0.15) is 51.9 Å². The molecule has 1 aromatic rings. The maximum absolute atomic E-state index is 12.8. The van der Waals surface area contributed by atoms with Crippen LogP contribution in [0.4, 0.5) is 13.6 Å². The summed E-state index contributed by atoms with van der Waals surface area (Å²) >= 11 is 3.36. The van der Waals surface area contributed by atoms with Crippen molar-refractivity contribution in [3.8, 4) is 0 Å². The van der Waals surface area contributed by atoms with Crippen molar-refractivity contribution in [1.82, 2.24) is 9.88 Å². The average Bonchev–Trinajstić information content (AvgIpc) is 2.37. The molecule has 23 heavy (non-hydrogen) atoms. The number of pyridine rings is 1. The lowest BCUT2D eigenvalue weighted by Crippen LogP contribution is -2.39. The fourth-order valence-corrected chi connectivity index (χ4v) is 2.16. The van der Waals surface area contributed by atoms with Gasteiger partial charge >= 0.3 is 6.09 Å². The summed E-state index contributed by atoms with van der Waals surface area (Å²) in [5.74, 6) is 0.201. The van der Waals surface area contributed by atoms with E-state index in [2.05, 4.69) is 20.9 Å². The van der Waals surface area contributed by atoms with E-state index in [1.54, 1.807) is 20.8 Å². The van der Waals surface area contributed by atoms with Crippen LogP contribution in [0.3, 0.4) is 0 Å². The van der Waals surface area contributed by atoms with E-state index in [9.17, 15) is 13.6 Å². The lowest BCUT2D eigenvalue weighted by Gasteiger charge is -2.27. The van der Waals surface area contributed by atoms with E-state index in [-0.39, 0.29) is 12.5 Å². The third-order valence-corrected chi connectivity index (χ3v) is 3.60. The molecule has 1 aromatic heterocycles. The normalized spacial score (nSPS) is 11.9. The maximum Gasteiger partial charge on any atom is 0.410 e. The molecule has 0 aliphatic rings. The SMILES string of the molecule is CC(C)c1ccc(Br)c(CN(CC(F)F)C(=O)OC(C)(C)C)n1. The van der Waals surface area contributed by atoms with E-state index in [1.165, 1.54) is 0 Å². The third kappa shape index (κ3) is 6.81. The van der Waals surface area contributed by atoms with E-state index >= 15 is 0 Å². The fourth-order valence-electron chi connectivity index (χ4n) is 1.81. The number of aromatic nitrogens is 1. The first-order valence-electron chi connectivity index (χ1n) is 7.41. The van der Waals surface area contributed by atoms with E-state index < -0.39 is 24.7 Å². The van der Waals surface area contributed by atoms with Crippen LogP contribution < -0.4 is 0 Å². The average molecular weight is 393 g/mol. The van der Waals surface area contributed by atoms with E-state index in [0.29, 0.717) is 10.2 Å². The van der Waals surface area contributed by atoms with Gasteiger partial charge in [0.05, 0.1) is 18.8 Å².